The summed E-state index contributed by atoms with van der Waals surface area (Å²) in [6, 6.07) is 11.4. The zero-order valence-electron chi connectivity index (χ0n) is 17.3. The second kappa shape index (κ2) is 9.27. The van der Waals surface area contributed by atoms with Gasteiger partial charge in [0.1, 0.15) is 33.7 Å². The van der Waals surface area contributed by atoms with Gasteiger partial charge in [-0.3, -0.25) is 0 Å². The third-order valence-corrected chi connectivity index (χ3v) is 6.43. The van der Waals surface area contributed by atoms with E-state index >= 15 is 0 Å². The molecule has 9 heteroatoms. The summed E-state index contributed by atoms with van der Waals surface area (Å²) in [5.41, 5.74) is 1.38. The summed E-state index contributed by atoms with van der Waals surface area (Å²) in [4.78, 5) is 10.2. The van der Waals surface area contributed by atoms with E-state index in [1.807, 2.05) is 6.92 Å². The number of aliphatic carboxylic acids is 1. The van der Waals surface area contributed by atoms with Crippen LogP contribution in [0, 0.1) is 12.7 Å². The highest BCUT2D eigenvalue weighted by Gasteiger charge is 2.23. The van der Waals surface area contributed by atoms with Crippen molar-refractivity contribution in [3.8, 4) is 23.0 Å². The van der Waals surface area contributed by atoms with Crippen LogP contribution in [0.4, 0.5) is 4.39 Å². The van der Waals surface area contributed by atoms with Gasteiger partial charge in [-0.25, -0.2) is 17.6 Å². The maximum absolute atomic E-state index is 13.2. The Kier molecular flexibility index (Phi) is 6.69. The zero-order valence-corrected chi connectivity index (χ0v) is 18.1. The van der Waals surface area contributed by atoms with E-state index in [1.165, 1.54) is 18.2 Å². The van der Waals surface area contributed by atoms with Gasteiger partial charge >= 0.3 is 5.97 Å². The lowest BCUT2D eigenvalue weighted by Gasteiger charge is -2.16. The maximum Gasteiger partial charge on any atom is 0.341 e. The first-order chi connectivity index (χ1) is 15.1. The molecule has 0 radical (unpaired) electrons. The molecule has 0 fully saturated rings. The Hall–Kier alpha value is -3.59. The lowest BCUT2D eigenvalue weighted by atomic mass is 10.1. The van der Waals surface area contributed by atoms with Gasteiger partial charge in [-0.15, -0.1) is 0 Å². The normalized spacial score (nSPS) is 11.2. The molecule has 3 aromatic rings. The SMILES string of the molecule is CCc1cc(OCC(=O)O)cc(C)c1Oc1ccc(O)c(S(=O)(=O)c2ccc(F)cc2)c1. The molecule has 0 aromatic heterocycles. The Labute approximate surface area is 184 Å². The van der Waals surface area contributed by atoms with E-state index in [0.29, 0.717) is 23.5 Å². The van der Waals surface area contributed by atoms with Crippen LogP contribution in [-0.4, -0.2) is 31.2 Å². The Morgan fingerprint density at radius 3 is 2.34 bits per heavy atom. The van der Waals surface area contributed by atoms with Crippen LogP contribution in [0.25, 0.3) is 0 Å². The number of hydrogen-bond donors (Lipinski definition) is 2. The number of halogens is 1. The van der Waals surface area contributed by atoms with Gasteiger partial charge < -0.3 is 19.7 Å². The van der Waals surface area contributed by atoms with Gasteiger partial charge in [0.15, 0.2) is 6.61 Å². The van der Waals surface area contributed by atoms with Crippen LogP contribution in [0.2, 0.25) is 0 Å². The first kappa shape index (κ1) is 23.1. The predicted octanol–water partition coefficient (Wildman–Crippen LogP) is 4.49. The molecule has 0 aliphatic heterocycles. The zero-order chi connectivity index (χ0) is 23.5. The highest BCUT2D eigenvalue weighted by Crippen LogP contribution is 2.37. The Bertz CT molecular complexity index is 1250. The fourth-order valence-corrected chi connectivity index (χ4v) is 4.44. The number of benzene rings is 3. The number of carboxylic acids is 1. The third-order valence-electron chi connectivity index (χ3n) is 4.63. The summed E-state index contributed by atoms with van der Waals surface area (Å²) < 4.78 is 50.2. The smallest absolute Gasteiger partial charge is 0.341 e. The molecule has 0 heterocycles. The van der Waals surface area contributed by atoms with E-state index in [4.69, 9.17) is 14.6 Å². The minimum Gasteiger partial charge on any atom is -0.507 e. The number of aromatic hydroxyl groups is 1. The van der Waals surface area contributed by atoms with Crippen LogP contribution in [0.15, 0.2) is 64.4 Å². The maximum atomic E-state index is 13.2. The van der Waals surface area contributed by atoms with Gasteiger partial charge in [0, 0.05) is 6.07 Å². The largest absolute Gasteiger partial charge is 0.507 e. The van der Waals surface area contributed by atoms with Crippen LogP contribution in [0.1, 0.15) is 18.1 Å². The van der Waals surface area contributed by atoms with E-state index in [1.54, 1.807) is 19.1 Å². The Morgan fingerprint density at radius 1 is 1.03 bits per heavy atom. The fourth-order valence-electron chi connectivity index (χ4n) is 3.08. The van der Waals surface area contributed by atoms with Crippen molar-refractivity contribution in [3.05, 3.63) is 71.5 Å². The van der Waals surface area contributed by atoms with Crippen molar-refractivity contribution in [1.82, 2.24) is 0 Å². The summed E-state index contributed by atoms with van der Waals surface area (Å²) in [5, 5.41) is 19.0. The standard InChI is InChI=1S/C23H21FO7S/c1-3-15-11-18(30-13-22(26)27)10-14(2)23(15)31-17-6-9-20(25)21(12-17)32(28,29)19-7-4-16(24)5-8-19/h4-12,25H,3,13H2,1-2H3,(H,26,27). The molecule has 0 spiro atoms. The van der Waals surface area contributed by atoms with Crippen molar-refractivity contribution in [2.75, 3.05) is 6.61 Å². The number of carboxylic acid groups (broad SMARTS) is 1. The van der Waals surface area contributed by atoms with Crippen LogP contribution in [0.3, 0.4) is 0 Å². The van der Waals surface area contributed by atoms with Gasteiger partial charge in [0.25, 0.3) is 0 Å². The lowest BCUT2D eigenvalue weighted by Crippen LogP contribution is -2.10. The molecule has 3 aromatic carbocycles. The van der Waals surface area contributed by atoms with Crippen molar-refractivity contribution in [1.29, 1.82) is 0 Å². The minimum absolute atomic E-state index is 0.167. The van der Waals surface area contributed by atoms with Gasteiger partial charge in [-0.1, -0.05) is 6.92 Å². The molecule has 0 unspecified atom stereocenters. The fraction of sp³-hybridized carbons (Fsp3) is 0.174. The van der Waals surface area contributed by atoms with Crippen LogP contribution < -0.4 is 9.47 Å². The first-order valence-corrected chi connectivity index (χ1v) is 11.1. The summed E-state index contributed by atoms with van der Waals surface area (Å²) in [6.07, 6.45) is 0.541. The molecule has 7 nitrogen and oxygen atoms in total. The van der Waals surface area contributed by atoms with Gasteiger partial charge in [0.05, 0.1) is 4.90 Å². The average Bonchev–Trinajstić information content (AvgIpc) is 2.75. The molecule has 32 heavy (non-hydrogen) atoms. The molecule has 0 bridgehead atoms. The molecule has 0 saturated carbocycles. The summed E-state index contributed by atoms with van der Waals surface area (Å²) in [6.45, 7) is 3.15. The molecular formula is C23H21FO7S. The number of aryl methyl sites for hydroxylation is 2. The molecule has 0 amide bonds. The molecule has 0 saturated heterocycles. The van der Waals surface area contributed by atoms with E-state index in [-0.39, 0.29) is 15.5 Å². The molecular weight excluding hydrogens is 439 g/mol. The summed E-state index contributed by atoms with van der Waals surface area (Å²) >= 11 is 0. The number of ether oxygens (including phenoxy) is 2. The van der Waals surface area contributed by atoms with Crippen molar-refractivity contribution in [2.45, 2.75) is 30.1 Å². The lowest BCUT2D eigenvalue weighted by molar-refractivity contribution is -0.139. The molecule has 0 aliphatic rings. The van der Waals surface area contributed by atoms with E-state index in [2.05, 4.69) is 0 Å². The van der Waals surface area contributed by atoms with Crippen LogP contribution in [0.5, 0.6) is 23.0 Å². The van der Waals surface area contributed by atoms with Crippen molar-refractivity contribution >= 4 is 15.8 Å². The van der Waals surface area contributed by atoms with Crippen molar-refractivity contribution < 1.29 is 37.3 Å². The van der Waals surface area contributed by atoms with E-state index in [9.17, 15) is 22.7 Å². The molecule has 168 valence electrons. The van der Waals surface area contributed by atoms with Crippen molar-refractivity contribution in [3.63, 3.8) is 0 Å². The second-order valence-electron chi connectivity index (χ2n) is 6.95. The summed E-state index contributed by atoms with van der Waals surface area (Å²) in [5.74, 6) is -1.14. The number of phenols is 1. The topological polar surface area (TPSA) is 110 Å². The number of phenolic OH excluding ortho intramolecular Hbond substituents is 1. The van der Waals surface area contributed by atoms with Gasteiger partial charge in [-0.05, 0) is 73.0 Å². The van der Waals surface area contributed by atoms with Gasteiger partial charge in [-0.2, -0.15) is 0 Å². The van der Waals surface area contributed by atoms with E-state index < -0.39 is 34.0 Å². The average molecular weight is 460 g/mol. The number of hydrogen-bond acceptors (Lipinski definition) is 6. The second-order valence-corrected chi connectivity index (χ2v) is 8.87. The highest BCUT2D eigenvalue weighted by atomic mass is 32.2. The molecule has 0 aliphatic carbocycles. The monoisotopic (exact) mass is 460 g/mol. The predicted molar refractivity (Wildman–Crippen MR) is 114 cm³/mol. The minimum atomic E-state index is -4.12. The Balaban J connectivity index is 1.97. The third kappa shape index (κ3) is 5.00. The number of rotatable bonds is 8. The first-order valence-electron chi connectivity index (χ1n) is 9.61. The van der Waals surface area contributed by atoms with Crippen LogP contribution >= 0.6 is 0 Å². The quantitative estimate of drug-likeness (QED) is 0.477. The Morgan fingerprint density at radius 2 is 1.72 bits per heavy atom. The van der Waals surface area contributed by atoms with Crippen LogP contribution in [-0.2, 0) is 21.1 Å². The highest BCUT2D eigenvalue weighted by molar-refractivity contribution is 7.91. The molecule has 3 rings (SSSR count). The number of sulfone groups is 1. The molecule has 0 atom stereocenters. The van der Waals surface area contributed by atoms with E-state index in [0.717, 1.165) is 29.8 Å². The van der Waals surface area contributed by atoms with Crippen molar-refractivity contribution in [2.24, 2.45) is 0 Å². The van der Waals surface area contributed by atoms with Gasteiger partial charge in [0.2, 0.25) is 9.84 Å². The summed E-state index contributed by atoms with van der Waals surface area (Å²) in [7, 11) is -4.12. The molecule has 2 N–H and O–H groups in total. The number of carbonyl (C=O) groups is 1.